The summed E-state index contributed by atoms with van der Waals surface area (Å²) in [6.45, 7) is 3.26. The molecule has 0 aromatic carbocycles. The Morgan fingerprint density at radius 1 is 1.60 bits per heavy atom. The van der Waals surface area contributed by atoms with Crippen molar-refractivity contribution in [3.63, 3.8) is 0 Å². The Bertz CT molecular complexity index is 180. The van der Waals surface area contributed by atoms with E-state index in [4.69, 9.17) is 9.79 Å². The third-order valence-corrected chi connectivity index (χ3v) is 1.70. The van der Waals surface area contributed by atoms with Crippen LogP contribution in [0.2, 0.25) is 0 Å². The molecule has 0 bridgehead atoms. The molecule has 0 atom stereocenters. The van der Waals surface area contributed by atoms with Crippen molar-refractivity contribution in [2.24, 2.45) is 0 Å². The normalized spacial score (nSPS) is 11.0. The molecule has 4 nitrogen and oxygen atoms in total. The Labute approximate surface area is 58.7 Å². The SMILES string of the molecule is C=C(C=O)CCP(=O)(O)O. The molecule has 0 aliphatic carbocycles. The van der Waals surface area contributed by atoms with Gasteiger partial charge in [-0.1, -0.05) is 6.58 Å². The molecule has 0 saturated heterocycles. The summed E-state index contributed by atoms with van der Waals surface area (Å²) < 4.78 is 10.2. The summed E-state index contributed by atoms with van der Waals surface area (Å²) in [4.78, 5) is 26.5. The lowest BCUT2D eigenvalue weighted by Gasteiger charge is -2.00. The zero-order valence-corrected chi connectivity index (χ0v) is 6.25. The van der Waals surface area contributed by atoms with Crippen LogP contribution < -0.4 is 0 Å². The quantitative estimate of drug-likeness (QED) is 0.356. The first kappa shape index (κ1) is 9.56. The molecule has 2 N–H and O–H groups in total. The first-order valence-corrected chi connectivity index (χ1v) is 4.43. The molecule has 0 rings (SSSR count). The third kappa shape index (κ3) is 5.69. The summed E-state index contributed by atoms with van der Waals surface area (Å²) in [6, 6.07) is 0. The number of allylic oxidation sites excluding steroid dienone is 1. The number of rotatable bonds is 4. The predicted octanol–water partition coefficient (Wildman–Crippen LogP) is 0.309. The topological polar surface area (TPSA) is 74.6 Å². The summed E-state index contributed by atoms with van der Waals surface area (Å²) >= 11 is 0. The standard InChI is InChI=1S/C5H9O4P/c1-5(4-6)2-3-10(7,8)9/h4H,1-3H2,(H2,7,8,9). The van der Waals surface area contributed by atoms with Crippen LogP contribution in [0.5, 0.6) is 0 Å². The maximum Gasteiger partial charge on any atom is 0.325 e. The number of hydrogen-bond donors (Lipinski definition) is 2. The van der Waals surface area contributed by atoms with Crippen LogP contribution in [-0.2, 0) is 9.36 Å². The molecular formula is C5H9O4P. The Hall–Kier alpha value is -0.440. The molecule has 0 fully saturated rings. The lowest BCUT2D eigenvalue weighted by Crippen LogP contribution is -1.90. The summed E-state index contributed by atoms with van der Waals surface area (Å²) in [7, 11) is -3.95. The van der Waals surface area contributed by atoms with Crippen LogP contribution in [0.15, 0.2) is 12.2 Å². The van der Waals surface area contributed by atoms with Crippen molar-refractivity contribution in [1.29, 1.82) is 0 Å². The third-order valence-electron chi connectivity index (χ3n) is 0.891. The van der Waals surface area contributed by atoms with E-state index in [2.05, 4.69) is 6.58 Å². The summed E-state index contributed by atoms with van der Waals surface area (Å²) in [5, 5.41) is 0. The van der Waals surface area contributed by atoms with E-state index >= 15 is 0 Å². The van der Waals surface area contributed by atoms with Gasteiger partial charge < -0.3 is 9.79 Å². The number of hydrogen-bond acceptors (Lipinski definition) is 2. The largest absolute Gasteiger partial charge is 0.325 e. The van der Waals surface area contributed by atoms with E-state index in [9.17, 15) is 9.36 Å². The first-order valence-electron chi connectivity index (χ1n) is 2.63. The molecule has 0 unspecified atom stereocenters. The van der Waals surface area contributed by atoms with Crippen LogP contribution in [0.1, 0.15) is 6.42 Å². The van der Waals surface area contributed by atoms with Crippen LogP contribution in [0.3, 0.4) is 0 Å². The maximum atomic E-state index is 10.2. The molecule has 58 valence electrons. The fourth-order valence-corrected chi connectivity index (χ4v) is 0.927. The minimum Gasteiger partial charge on any atom is -0.324 e. The number of carbonyl (C=O) groups excluding carboxylic acids is 1. The van der Waals surface area contributed by atoms with E-state index < -0.39 is 7.60 Å². The van der Waals surface area contributed by atoms with Gasteiger partial charge in [0.15, 0.2) is 0 Å². The molecule has 0 aromatic heterocycles. The van der Waals surface area contributed by atoms with Gasteiger partial charge in [0, 0.05) is 0 Å². The molecule has 0 spiro atoms. The summed E-state index contributed by atoms with van der Waals surface area (Å²) in [6.07, 6.45) is 0.258. The molecule has 10 heavy (non-hydrogen) atoms. The van der Waals surface area contributed by atoms with Crippen molar-refractivity contribution in [3.8, 4) is 0 Å². The zero-order valence-electron chi connectivity index (χ0n) is 5.36. The molecule has 0 aromatic rings. The predicted molar refractivity (Wildman–Crippen MR) is 36.7 cm³/mol. The highest BCUT2D eigenvalue weighted by Gasteiger charge is 2.11. The smallest absolute Gasteiger partial charge is 0.324 e. The van der Waals surface area contributed by atoms with E-state index in [0.717, 1.165) is 0 Å². The highest BCUT2D eigenvalue weighted by Crippen LogP contribution is 2.35. The Morgan fingerprint density at radius 3 is 2.40 bits per heavy atom. The second kappa shape index (κ2) is 3.66. The lowest BCUT2D eigenvalue weighted by molar-refractivity contribution is -0.105. The lowest BCUT2D eigenvalue weighted by atomic mass is 10.3. The minimum atomic E-state index is -3.95. The fourth-order valence-electron chi connectivity index (χ4n) is 0.348. The monoisotopic (exact) mass is 164 g/mol. The molecular weight excluding hydrogens is 155 g/mol. The average molecular weight is 164 g/mol. The first-order chi connectivity index (χ1) is 4.45. The van der Waals surface area contributed by atoms with Crippen molar-refractivity contribution < 1.29 is 19.1 Å². The van der Waals surface area contributed by atoms with E-state index in [1.807, 2.05) is 0 Å². The van der Waals surface area contributed by atoms with Gasteiger partial charge >= 0.3 is 7.60 Å². The van der Waals surface area contributed by atoms with Gasteiger partial charge in [-0.3, -0.25) is 9.36 Å². The van der Waals surface area contributed by atoms with Gasteiger partial charge in [-0.15, -0.1) is 0 Å². The molecule has 0 amide bonds. The van der Waals surface area contributed by atoms with Gasteiger partial charge in [0.1, 0.15) is 6.29 Å². The van der Waals surface area contributed by atoms with Crippen LogP contribution in [-0.4, -0.2) is 22.2 Å². The van der Waals surface area contributed by atoms with Crippen LogP contribution in [0.25, 0.3) is 0 Å². The second-order valence-corrected chi connectivity index (χ2v) is 3.69. The van der Waals surface area contributed by atoms with E-state index in [0.29, 0.717) is 6.29 Å². The second-order valence-electron chi connectivity index (χ2n) is 1.91. The van der Waals surface area contributed by atoms with E-state index in [1.165, 1.54) is 0 Å². The van der Waals surface area contributed by atoms with Gasteiger partial charge in [0.25, 0.3) is 0 Å². The molecule has 0 heterocycles. The molecule has 0 saturated carbocycles. The minimum absolute atomic E-state index is 0.0633. The maximum absolute atomic E-state index is 10.2. The van der Waals surface area contributed by atoms with E-state index in [-0.39, 0.29) is 18.2 Å². The molecule has 0 aliphatic heterocycles. The highest BCUT2D eigenvalue weighted by molar-refractivity contribution is 7.51. The zero-order chi connectivity index (χ0) is 8.20. The number of carbonyl (C=O) groups is 1. The van der Waals surface area contributed by atoms with Gasteiger partial charge in [-0.25, -0.2) is 0 Å². The van der Waals surface area contributed by atoms with Crippen molar-refractivity contribution >= 4 is 13.9 Å². The Morgan fingerprint density at radius 2 is 2.10 bits per heavy atom. The molecule has 5 heteroatoms. The van der Waals surface area contributed by atoms with Crippen molar-refractivity contribution in [2.75, 3.05) is 6.16 Å². The van der Waals surface area contributed by atoms with Gasteiger partial charge in [0.2, 0.25) is 0 Å². The van der Waals surface area contributed by atoms with Crippen LogP contribution in [0.4, 0.5) is 0 Å². The molecule has 0 aliphatic rings. The van der Waals surface area contributed by atoms with Crippen LogP contribution in [0, 0.1) is 0 Å². The highest BCUT2D eigenvalue weighted by atomic mass is 31.2. The van der Waals surface area contributed by atoms with Crippen molar-refractivity contribution in [1.82, 2.24) is 0 Å². The van der Waals surface area contributed by atoms with Crippen LogP contribution >= 0.6 is 7.60 Å². The number of aldehydes is 1. The Balaban J connectivity index is 3.66. The van der Waals surface area contributed by atoms with Gasteiger partial charge in [0.05, 0.1) is 6.16 Å². The van der Waals surface area contributed by atoms with Crippen molar-refractivity contribution in [3.05, 3.63) is 12.2 Å². The van der Waals surface area contributed by atoms with Crippen molar-refractivity contribution in [2.45, 2.75) is 6.42 Å². The molecule has 0 radical (unpaired) electrons. The summed E-state index contributed by atoms with van der Waals surface area (Å²) in [5.41, 5.74) is 0.211. The summed E-state index contributed by atoms with van der Waals surface area (Å²) in [5.74, 6) is 0. The fraction of sp³-hybridized carbons (Fsp3) is 0.400. The average Bonchev–Trinajstić information content (AvgIpc) is 1.81. The Kier molecular flexibility index (Phi) is 3.50. The van der Waals surface area contributed by atoms with Gasteiger partial charge in [-0.2, -0.15) is 0 Å². The van der Waals surface area contributed by atoms with E-state index in [1.54, 1.807) is 0 Å². The van der Waals surface area contributed by atoms with Gasteiger partial charge in [-0.05, 0) is 12.0 Å².